The van der Waals surface area contributed by atoms with Gasteiger partial charge in [0.05, 0.1) is 0 Å². The van der Waals surface area contributed by atoms with Gasteiger partial charge in [-0.05, 0) is 61.1 Å². The van der Waals surface area contributed by atoms with E-state index in [4.69, 9.17) is 4.74 Å². The van der Waals surface area contributed by atoms with Gasteiger partial charge in [0, 0.05) is 31.9 Å². The number of hydrogen-bond acceptors (Lipinski definition) is 3. The number of allylic oxidation sites excluding steroid dienone is 1. The molecule has 1 fully saturated rings. The number of rotatable bonds is 12. The van der Waals surface area contributed by atoms with Crippen molar-refractivity contribution in [1.82, 2.24) is 10.6 Å². The van der Waals surface area contributed by atoms with Gasteiger partial charge in [-0.1, -0.05) is 80.6 Å². The Morgan fingerprint density at radius 1 is 1.03 bits per heavy atom. The van der Waals surface area contributed by atoms with Crippen molar-refractivity contribution < 1.29 is 9.53 Å². The number of carbonyl (C=O) groups excluding carboxylic acids is 1. The lowest BCUT2D eigenvalue weighted by atomic mass is 9.84. The van der Waals surface area contributed by atoms with Gasteiger partial charge in [0.15, 0.2) is 0 Å². The highest BCUT2D eigenvalue weighted by Crippen LogP contribution is 2.28. The van der Waals surface area contributed by atoms with E-state index < -0.39 is 0 Å². The lowest BCUT2D eigenvalue weighted by molar-refractivity contribution is 0.0928. The molecule has 0 saturated heterocycles. The smallest absolute Gasteiger partial charge is 0.251 e. The van der Waals surface area contributed by atoms with Crippen LogP contribution in [0.2, 0.25) is 0 Å². The fourth-order valence-corrected chi connectivity index (χ4v) is 4.86. The summed E-state index contributed by atoms with van der Waals surface area (Å²) in [6.07, 6.45) is 11.8. The molecule has 2 N–H and O–H groups in total. The number of unbranched alkanes of at least 4 members (excludes halogenated alkanes) is 1. The molecule has 0 spiro atoms. The largest absolute Gasteiger partial charge is 0.385 e. The maximum Gasteiger partial charge on any atom is 0.251 e. The van der Waals surface area contributed by atoms with Crippen LogP contribution in [0.1, 0.15) is 72.9 Å². The zero-order valence-electron chi connectivity index (χ0n) is 20.3. The highest BCUT2D eigenvalue weighted by atomic mass is 16.5. The molecule has 0 unspecified atom stereocenters. The predicted molar refractivity (Wildman–Crippen MR) is 137 cm³/mol. The van der Waals surface area contributed by atoms with Gasteiger partial charge in [-0.15, -0.1) is 0 Å². The molecule has 1 aliphatic carbocycles. The first-order chi connectivity index (χ1) is 16.2. The second-order valence-corrected chi connectivity index (χ2v) is 9.17. The van der Waals surface area contributed by atoms with E-state index in [1.165, 1.54) is 32.1 Å². The molecule has 0 aliphatic heterocycles. The quantitative estimate of drug-likeness (QED) is 0.402. The summed E-state index contributed by atoms with van der Waals surface area (Å²) < 4.78 is 5.21. The van der Waals surface area contributed by atoms with Crippen LogP contribution in [0.15, 0.2) is 60.7 Å². The Balaban J connectivity index is 1.75. The molecule has 1 saturated carbocycles. The topological polar surface area (TPSA) is 50.4 Å². The van der Waals surface area contributed by atoms with Gasteiger partial charge in [0.2, 0.25) is 0 Å². The van der Waals surface area contributed by atoms with Crippen LogP contribution in [0, 0.1) is 5.92 Å². The number of ether oxygens (including phenoxy) is 1. The Kier molecular flexibility index (Phi) is 10.7. The van der Waals surface area contributed by atoms with Crippen LogP contribution in [0.5, 0.6) is 0 Å². The van der Waals surface area contributed by atoms with Gasteiger partial charge in [-0.25, -0.2) is 0 Å². The average molecular weight is 449 g/mol. The minimum absolute atomic E-state index is 0.0136. The molecule has 0 radical (unpaired) electrons. The molecule has 4 nitrogen and oxygen atoms in total. The van der Waals surface area contributed by atoms with Crippen molar-refractivity contribution in [3.05, 3.63) is 77.4 Å². The van der Waals surface area contributed by atoms with Crippen molar-refractivity contribution in [3.63, 3.8) is 0 Å². The molecule has 2 aromatic carbocycles. The van der Waals surface area contributed by atoms with Crippen LogP contribution < -0.4 is 10.6 Å². The summed E-state index contributed by atoms with van der Waals surface area (Å²) >= 11 is 0. The van der Waals surface area contributed by atoms with E-state index >= 15 is 0 Å². The molecule has 2 aromatic rings. The van der Waals surface area contributed by atoms with Crippen molar-refractivity contribution in [3.8, 4) is 0 Å². The lowest BCUT2D eigenvalue weighted by Gasteiger charge is -2.27. The third kappa shape index (κ3) is 8.13. The van der Waals surface area contributed by atoms with Gasteiger partial charge in [0.25, 0.3) is 5.91 Å². The highest BCUT2D eigenvalue weighted by Gasteiger charge is 2.21. The molecule has 1 amide bonds. The fraction of sp³-hybridized carbons (Fsp3) is 0.483. The van der Waals surface area contributed by atoms with Gasteiger partial charge in [-0.3, -0.25) is 4.79 Å². The summed E-state index contributed by atoms with van der Waals surface area (Å²) in [6.45, 7) is 1.55. The number of carbonyl (C=O) groups is 1. The normalized spacial score (nSPS) is 15.9. The zero-order valence-corrected chi connectivity index (χ0v) is 20.3. The van der Waals surface area contributed by atoms with Gasteiger partial charge in [0.1, 0.15) is 0 Å². The van der Waals surface area contributed by atoms with Gasteiger partial charge in [-0.2, -0.15) is 0 Å². The third-order valence-corrected chi connectivity index (χ3v) is 6.55. The van der Waals surface area contributed by atoms with E-state index in [2.05, 4.69) is 47.0 Å². The van der Waals surface area contributed by atoms with Crippen LogP contribution in [0.4, 0.5) is 0 Å². The second-order valence-electron chi connectivity index (χ2n) is 9.17. The number of hydrogen-bond donors (Lipinski definition) is 2. The molecule has 1 atom stereocenters. The predicted octanol–water partition coefficient (Wildman–Crippen LogP) is 5.83. The Morgan fingerprint density at radius 3 is 2.48 bits per heavy atom. The van der Waals surface area contributed by atoms with E-state index in [-0.39, 0.29) is 11.9 Å². The highest BCUT2D eigenvalue weighted by molar-refractivity contribution is 5.96. The molecular formula is C29H40N2O2. The number of likely N-dealkylation sites (N-methyl/N-ethyl adjacent to an activating group) is 1. The summed E-state index contributed by atoms with van der Waals surface area (Å²) in [5.41, 5.74) is 4.12. The SMILES string of the molecule is CNC[C@H](CC1CCCCC1)NC(=O)c1cccc(/C(=C\CCCOC)c2ccccc2)c1. The van der Waals surface area contributed by atoms with E-state index in [1.807, 2.05) is 31.3 Å². The second kappa shape index (κ2) is 14.0. The third-order valence-electron chi connectivity index (χ3n) is 6.55. The molecule has 178 valence electrons. The van der Waals surface area contributed by atoms with E-state index in [0.29, 0.717) is 0 Å². The first-order valence-electron chi connectivity index (χ1n) is 12.5. The summed E-state index contributed by atoms with van der Waals surface area (Å²) in [4.78, 5) is 13.2. The van der Waals surface area contributed by atoms with E-state index in [1.54, 1.807) is 7.11 Å². The number of nitrogens with one attached hydrogen (secondary N) is 2. The molecule has 1 aliphatic rings. The van der Waals surface area contributed by atoms with Crippen molar-refractivity contribution >= 4 is 11.5 Å². The minimum atomic E-state index is 0.0136. The summed E-state index contributed by atoms with van der Waals surface area (Å²) in [6, 6.07) is 18.6. The number of methoxy groups -OCH3 is 1. The summed E-state index contributed by atoms with van der Waals surface area (Å²) in [7, 11) is 3.70. The van der Waals surface area contributed by atoms with Crippen LogP contribution in [0.3, 0.4) is 0 Å². The number of amides is 1. The van der Waals surface area contributed by atoms with E-state index in [0.717, 1.165) is 60.6 Å². The zero-order chi connectivity index (χ0) is 23.3. The van der Waals surface area contributed by atoms with Gasteiger partial charge >= 0.3 is 0 Å². The first kappa shape index (κ1) is 25.2. The monoisotopic (exact) mass is 448 g/mol. The van der Waals surface area contributed by atoms with Crippen molar-refractivity contribution in [2.45, 2.75) is 57.4 Å². The summed E-state index contributed by atoms with van der Waals surface area (Å²) in [5, 5.41) is 6.57. The Hall–Kier alpha value is -2.43. The maximum absolute atomic E-state index is 13.2. The Bertz CT molecular complexity index is 872. The summed E-state index contributed by atoms with van der Waals surface area (Å²) in [5.74, 6) is 0.739. The van der Waals surface area contributed by atoms with Crippen molar-refractivity contribution in [2.75, 3.05) is 27.3 Å². The molecule has 33 heavy (non-hydrogen) atoms. The Morgan fingerprint density at radius 2 is 1.76 bits per heavy atom. The van der Waals surface area contributed by atoms with Crippen LogP contribution in [0.25, 0.3) is 5.57 Å². The lowest BCUT2D eigenvalue weighted by Crippen LogP contribution is -2.42. The van der Waals surface area contributed by atoms with Gasteiger partial charge < -0.3 is 15.4 Å². The fourth-order valence-electron chi connectivity index (χ4n) is 4.86. The maximum atomic E-state index is 13.2. The van der Waals surface area contributed by atoms with Crippen LogP contribution in [-0.2, 0) is 4.74 Å². The average Bonchev–Trinajstić information content (AvgIpc) is 2.85. The van der Waals surface area contributed by atoms with Crippen LogP contribution >= 0.6 is 0 Å². The molecule has 4 heteroatoms. The number of benzene rings is 2. The van der Waals surface area contributed by atoms with E-state index in [9.17, 15) is 4.79 Å². The molecule has 0 heterocycles. The first-order valence-corrected chi connectivity index (χ1v) is 12.5. The molecular weight excluding hydrogens is 408 g/mol. The van der Waals surface area contributed by atoms with Crippen molar-refractivity contribution in [2.24, 2.45) is 5.92 Å². The van der Waals surface area contributed by atoms with Crippen LogP contribution in [-0.4, -0.2) is 39.3 Å². The molecule has 0 bridgehead atoms. The Labute approximate surface area is 199 Å². The molecule has 0 aromatic heterocycles. The van der Waals surface area contributed by atoms with Crippen molar-refractivity contribution in [1.29, 1.82) is 0 Å². The minimum Gasteiger partial charge on any atom is -0.385 e. The standard InChI is InChI=1S/C29H40N2O2/c1-30-22-27(20-23-12-5-3-6-13-23)31-29(32)26-17-11-16-25(21-26)28(18-9-10-19-33-2)24-14-7-4-8-15-24/h4,7-8,11,14-18,21,23,27,30H,3,5-6,9-10,12-13,19-20,22H2,1-2H3,(H,31,32)/b28-18-/t27-/m0/s1. The molecule has 3 rings (SSSR count).